The van der Waals surface area contributed by atoms with Gasteiger partial charge in [-0.1, -0.05) is 65.5 Å². The van der Waals surface area contributed by atoms with E-state index in [0.29, 0.717) is 35.1 Å². The molecule has 0 saturated heterocycles. The summed E-state index contributed by atoms with van der Waals surface area (Å²) in [6.07, 6.45) is 25.4. The second kappa shape index (κ2) is 16.7. The molecule has 0 heterocycles. The number of hydrogen-bond donors (Lipinski definition) is 0. The summed E-state index contributed by atoms with van der Waals surface area (Å²) in [5.74, 6) is -0.193. The highest BCUT2D eigenvalue weighted by Crippen LogP contribution is 2.35. The summed E-state index contributed by atoms with van der Waals surface area (Å²) in [6, 6.07) is 0. The molecule has 0 N–H and O–H groups in total. The van der Waals surface area contributed by atoms with Crippen LogP contribution in [0.3, 0.4) is 0 Å². The van der Waals surface area contributed by atoms with E-state index in [-0.39, 0.29) is 11.6 Å². The van der Waals surface area contributed by atoms with Crippen LogP contribution in [-0.2, 0) is 9.59 Å². The third-order valence-electron chi connectivity index (χ3n) is 7.44. The number of carbonyl (C=O) groups excluding carboxylic acids is 2. The minimum atomic E-state index is -0.0964. The first-order valence-corrected chi connectivity index (χ1v) is 15.4. The van der Waals surface area contributed by atoms with Crippen LogP contribution in [0.4, 0.5) is 0 Å². The molecule has 0 bridgehead atoms. The Morgan fingerprint density at radius 2 is 0.950 bits per heavy atom. The van der Waals surface area contributed by atoms with Gasteiger partial charge in [0.1, 0.15) is 0 Å². The predicted octanol–water partition coefficient (Wildman–Crippen LogP) is 7.28. The van der Waals surface area contributed by atoms with Crippen molar-refractivity contribution in [3.05, 3.63) is 71.4 Å². The molecule has 0 aromatic heterocycles. The van der Waals surface area contributed by atoms with Gasteiger partial charge in [-0.3, -0.25) is 19.6 Å². The largest absolute Gasteiger partial charge is 0.376 e. The van der Waals surface area contributed by atoms with Crippen molar-refractivity contribution in [1.29, 1.82) is 0 Å². The van der Waals surface area contributed by atoms with Crippen molar-refractivity contribution < 1.29 is 9.59 Å². The lowest BCUT2D eigenvalue weighted by Crippen LogP contribution is -2.30. The van der Waals surface area contributed by atoms with E-state index < -0.39 is 0 Å². The van der Waals surface area contributed by atoms with Gasteiger partial charge in [-0.15, -0.1) is 0 Å². The summed E-state index contributed by atoms with van der Waals surface area (Å²) in [5, 5.41) is 0. The molecular formula is C34H48N4O2. The van der Waals surface area contributed by atoms with Crippen LogP contribution in [0.25, 0.3) is 0 Å². The van der Waals surface area contributed by atoms with Crippen molar-refractivity contribution in [2.75, 3.05) is 26.2 Å². The third kappa shape index (κ3) is 8.87. The van der Waals surface area contributed by atoms with E-state index in [4.69, 9.17) is 0 Å². The third-order valence-corrected chi connectivity index (χ3v) is 7.44. The lowest BCUT2D eigenvalue weighted by Gasteiger charge is -2.26. The standard InChI is InChI=1S/C34H48N4O2/c1-5-9-19-37(20-10-6-2)23-17-35-27-13-15-29-31(25-27)33(39)30-16-14-28(26-32(30)34(29)40)36-18-24-38(21-11-7-3)22-12-8-4/h15-18,23-26H,5-14,19-22H2,1-4H3. The number of aliphatic imine (C=N–C) groups is 2. The molecule has 3 aliphatic rings. The van der Waals surface area contributed by atoms with E-state index in [1.807, 2.05) is 24.6 Å². The Morgan fingerprint density at radius 3 is 1.27 bits per heavy atom. The number of ketones is 2. The Balaban J connectivity index is 1.72. The Hall–Kier alpha value is -3.28. The Labute approximate surface area is 241 Å². The van der Waals surface area contributed by atoms with Crippen LogP contribution in [0.15, 0.2) is 81.4 Å². The van der Waals surface area contributed by atoms with Crippen molar-refractivity contribution in [2.45, 2.75) is 91.9 Å². The molecule has 0 aromatic rings. The molecule has 216 valence electrons. The predicted molar refractivity (Wildman–Crippen MR) is 168 cm³/mol. The summed E-state index contributed by atoms with van der Waals surface area (Å²) in [4.78, 5) is 40.7. The first kappa shape index (κ1) is 31.3. The van der Waals surface area contributed by atoms with Crippen molar-refractivity contribution >= 4 is 23.0 Å². The fraction of sp³-hybridized carbons (Fsp3) is 0.529. The summed E-state index contributed by atoms with van der Waals surface area (Å²) < 4.78 is 0. The average Bonchev–Trinajstić information content (AvgIpc) is 2.98. The number of carbonyl (C=O) groups is 2. The van der Waals surface area contributed by atoms with Crippen LogP contribution in [0, 0.1) is 0 Å². The van der Waals surface area contributed by atoms with Gasteiger partial charge >= 0.3 is 0 Å². The summed E-state index contributed by atoms with van der Waals surface area (Å²) in [6.45, 7) is 12.9. The molecular weight excluding hydrogens is 496 g/mol. The molecule has 1 saturated carbocycles. The van der Waals surface area contributed by atoms with Crippen molar-refractivity contribution in [2.24, 2.45) is 9.98 Å². The molecule has 0 aromatic carbocycles. The number of Topliss-reactive ketones (excluding diaryl/α,β-unsaturated/α-hetero) is 2. The molecule has 0 amide bonds. The quantitative estimate of drug-likeness (QED) is 0.205. The normalized spacial score (nSPS) is 19.1. The fourth-order valence-corrected chi connectivity index (χ4v) is 4.93. The summed E-state index contributed by atoms with van der Waals surface area (Å²) in [5.41, 5.74) is 3.51. The lowest BCUT2D eigenvalue weighted by molar-refractivity contribution is -0.117. The highest BCUT2D eigenvalue weighted by molar-refractivity contribution is 6.37. The number of hydrogen-bond acceptors (Lipinski definition) is 6. The van der Waals surface area contributed by atoms with Gasteiger partial charge < -0.3 is 9.80 Å². The first-order chi connectivity index (χ1) is 19.5. The molecule has 0 atom stereocenters. The maximum Gasteiger partial charge on any atom is 0.194 e. The highest BCUT2D eigenvalue weighted by Gasteiger charge is 2.37. The van der Waals surface area contributed by atoms with Gasteiger partial charge in [-0.2, -0.15) is 0 Å². The number of nitrogens with zero attached hydrogens (tertiary/aromatic N) is 4. The molecule has 1 fully saturated rings. The van der Waals surface area contributed by atoms with Crippen LogP contribution in [-0.4, -0.2) is 59.0 Å². The summed E-state index contributed by atoms with van der Waals surface area (Å²) in [7, 11) is 0. The van der Waals surface area contributed by atoms with E-state index in [0.717, 1.165) is 89.0 Å². The maximum atomic E-state index is 13.4. The SMILES string of the molecule is CCCCN(C=CN=C1C=C2C(=O)C3=CCC(=NC=CN(CCCC)CCCC)C=C3C(=O)C2=CC1)CCCC. The first-order valence-electron chi connectivity index (χ1n) is 15.4. The Kier molecular flexibility index (Phi) is 13.1. The maximum absolute atomic E-state index is 13.4. The summed E-state index contributed by atoms with van der Waals surface area (Å²) >= 11 is 0. The smallest absolute Gasteiger partial charge is 0.194 e. The van der Waals surface area contributed by atoms with Crippen LogP contribution >= 0.6 is 0 Å². The minimum Gasteiger partial charge on any atom is -0.376 e. The molecule has 40 heavy (non-hydrogen) atoms. The van der Waals surface area contributed by atoms with Gasteiger partial charge in [0.25, 0.3) is 0 Å². The van der Waals surface area contributed by atoms with E-state index in [1.165, 1.54) is 0 Å². The van der Waals surface area contributed by atoms with E-state index in [2.05, 4.69) is 59.9 Å². The number of unbranched alkanes of at least 4 members (excludes halogenated alkanes) is 4. The van der Waals surface area contributed by atoms with Crippen LogP contribution in [0.1, 0.15) is 91.9 Å². The van der Waals surface area contributed by atoms with Crippen LogP contribution in [0.2, 0.25) is 0 Å². The zero-order valence-electron chi connectivity index (χ0n) is 25.1. The molecule has 0 aliphatic heterocycles. The number of rotatable bonds is 16. The van der Waals surface area contributed by atoms with Crippen molar-refractivity contribution in [3.63, 3.8) is 0 Å². The molecule has 0 spiro atoms. The second-order valence-electron chi connectivity index (χ2n) is 10.7. The minimum absolute atomic E-state index is 0.0964. The van der Waals surface area contributed by atoms with Gasteiger partial charge in [0.2, 0.25) is 0 Å². The topological polar surface area (TPSA) is 65.3 Å². The molecule has 0 unspecified atom stereocenters. The van der Waals surface area contributed by atoms with Gasteiger partial charge in [-0.25, -0.2) is 0 Å². The van der Waals surface area contributed by atoms with Crippen LogP contribution < -0.4 is 0 Å². The van der Waals surface area contributed by atoms with Gasteiger partial charge in [-0.05, 0) is 37.8 Å². The van der Waals surface area contributed by atoms with Gasteiger partial charge in [0, 0.05) is 97.5 Å². The van der Waals surface area contributed by atoms with E-state index in [1.54, 1.807) is 12.2 Å². The molecule has 0 radical (unpaired) electrons. The molecule has 3 rings (SSSR count). The van der Waals surface area contributed by atoms with Gasteiger partial charge in [0.05, 0.1) is 0 Å². The van der Waals surface area contributed by atoms with Gasteiger partial charge in [0.15, 0.2) is 11.6 Å². The number of fused-ring (bicyclic) bond motifs is 2. The lowest BCUT2D eigenvalue weighted by atomic mass is 9.75. The average molecular weight is 545 g/mol. The van der Waals surface area contributed by atoms with Crippen molar-refractivity contribution in [1.82, 2.24) is 9.80 Å². The fourth-order valence-electron chi connectivity index (χ4n) is 4.93. The monoisotopic (exact) mass is 544 g/mol. The highest BCUT2D eigenvalue weighted by atomic mass is 16.1. The van der Waals surface area contributed by atoms with E-state index >= 15 is 0 Å². The van der Waals surface area contributed by atoms with Crippen molar-refractivity contribution in [3.8, 4) is 0 Å². The van der Waals surface area contributed by atoms with E-state index in [9.17, 15) is 9.59 Å². The Morgan fingerprint density at radius 1 is 0.600 bits per heavy atom. The molecule has 6 nitrogen and oxygen atoms in total. The molecule has 6 heteroatoms. The molecule has 3 aliphatic carbocycles. The Bertz CT molecular complexity index is 1040. The zero-order chi connectivity index (χ0) is 28.7. The number of allylic oxidation sites excluding steroid dienone is 8. The van der Waals surface area contributed by atoms with Crippen LogP contribution in [0.5, 0.6) is 0 Å². The zero-order valence-corrected chi connectivity index (χ0v) is 25.1. The second-order valence-corrected chi connectivity index (χ2v) is 10.7.